The molecule has 1 aromatic carbocycles. The van der Waals surface area contributed by atoms with Crippen LogP contribution in [0.5, 0.6) is 0 Å². The summed E-state index contributed by atoms with van der Waals surface area (Å²) in [4.78, 5) is 12.6. The molecule has 0 bridgehead atoms. The number of carbonyl (C=O) groups excluding carboxylic acids is 1. The molecule has 0 amide bonds. The molecule has 0 fully saturated rings. The zero-order valence-corrected chi connectivity index (χ0v) is 13.9. The molecule has 0 heterocycles. The molecule has 0 aromatic heterocycles. The van der Waals surface area contributed by atoms with Crippen LogP contribution in [0.1, 0.15) is 26.7 Å². The molecule has 20 heavy (non-hydrogen) atoms. The largest absolute Gasteiger partial charge is 0.465 e. The smallest absolute Gasteiger partial charge is 0.325 e. The third kappa shape index (κ3) is 5.52. The second-order valence-corrected chi connectivity index (χ2v) is 6.65. The van der Waals surface area contributed by atoms with Gasteiger partial charge in [-0.25, -0.2) is 0 Å². The molecule has 1 aromatic rings. The molecule has 1 unspecified atom stereocenters. The summed E-state index contributed by atoms with van der Waals surface area (Å²) in [7, 11) is 0. The number of esters is 1. The Morgan fingerprint density at radius 3 is 2.80 bits per heavy atom. The lowest BCUT2D eigenvalue weighted by Gasteiger charge is -2.21. The van der Waals surface area contributed by atoms with Gasteiger partial charge < -0.3 is 10.5 Å². The maximum absolute atomic E-state index is 11.6. The Morgan fingerprint density at radius 1 is 1.45 bits per heavy atom. The van der Waals surface area contributed by atoms with Gasteiger partial charge in [0.25, 0.3) is 0 Å². The van der Waals surface area contributed by atoms with Crippen LogP contribution < -0.4 is 5.73 Å². The van der Waals surface area contributed by atoms with E-state index in [2.05, 4.69) is 0 Å². The van der Waals surface area contributed by atoms with Crippen LogP contribution in [0.25, 0.3) is 0 Å². The summed E-state index contributed by atoms with van der Waals surface area (Å²) >= 11 is 13.6. The lowest BCUT2D eigenvalue weighted by molar-refractivity contribution is -0.149. The Hall–Kier alpha value is -0.420. The number of thioether (sulfide) groups is 1. The van der Waals surface area contributed by atoms with Crippen molar-refractivity contribution in [2.45, 2.75) is 37.1 Å². The first kappa shape index (κ1) is 17.6. The lowest BCUT2D eigenvalue weighted by Crippen LogP contribution is -2.46. The molecule has 1 rings (SSSR count). The van der Waals surface area contributed by atoms with Gasteiger partial charge in [0.15, 0.2) is 0 Å². The van der Waals surface area contributed by atoms with Crippen molar-refractivity contribution in [2.75, 3.05) is 12.4 Å². The van der Waals surface area contributed by atoms with E-state index < -0.39 is 5.54 Å². The van der Waals surface area contributed by atoms with Gasteiger partial charge in [-0.1, -0.05) is 23.2 Å². The molecule has 0 saturated heterocycles. The summed E-state index contributed by atoms with van der Waals surface area (Å²) in [6, 6.07) is 5.37. The van der Waals surface area contributed by atoms with Gasteiger partial charge in [0.1, 0.15) is 5.54 Å². The van der Waals surface area contributed by atoms with Gasteiger partial charge in [0.05, 0.1) is 11.6 Å². The number of hydrogen-bond donors (Lipinski definition) is 1. The first-order chi connectivity index (χ1) is 9.36. The molecule has 6 heteroatoms. The highest BCUT2D eigenvalue weighted by Crippen LogP contribution is 2.30. The zero-order chi connectivity index (χ0) is 15.2. The zero-order valence-electron chi connectivity index (χ0n) is 11.6. The van der Waals surface area contributed by atoms with E-state index in [9.17, 15) is 4.79 Å². The molecule has 3 nitrogen and oxygen atoms in total. The Balaban J connectivity index is 2.41. The van der Waals surface area contributed by atoms with Crippen LogP contribution in [0.2, 0.25) is 10.0 Å². The van der Waals surface area contributed by atoms with Crippen molar-refractivity contribution in [2.24, 2.45) is 5.73 Å². The number of rotatable bonds is 7. The minimum atomic E-state index is -0.936. The van der Waals surface area contributed by atoms with Gasteiger partial charge in [-0.2, -0.15) is 0 Å². The van der Waals surface area contributed by atoms with E-state index in [4.69, 9.17) is 33.7 Å². The van der Waals surface area contributed by atoms with Crippen molar-refractivity contribution in [3.8, 4) is 0 Å². The molecule has 0 aliphatic rings. The van der Waals surface area contributed by atoms with E-state index in [0.717, 1.165) is 17.1 Å². The quantitative estimate of drug-likeness (QED) is 0.462. The fourth-order valence-electron chi connectivity index (χ4n) is 1.61. The van der Waals surface area contributed by atoms with Gasteiger partial charge >= 0.3 is 5.97 Å². The average molecular weight is 336 g/mol. The van der Waals surface area contributed by atoms with Crippen molar-refractivity contribution in [3.63, 3.8) is 0 Å². The third-order valence-electron chi connectivity index (χ3n) is 2.73. The molecular formula is C14H19Cl2NO2S. The number of halogens is 2. The minimum absolute atomic E-state index is 0.346. The van der Waals surface area contributed by atoms with Crippen molar-refractivity contribution in [3.05, 3.63) is 28.2 Å². The van der Waals surface area contributed by atoms with Gasteiger partial charge in [-0.3, -0.25) is 4.79 Å². The number of carbonyl (C=O) groups is 1. The third-order valence-corrected chi connectivity index (χ3v) is 4.55. The van der Waals surface area contributed by atoms with E-state index in [0.29, 0.717) is 23.1 Å². The van der Waals surface area contributed by atoms with Crippen LogP contribution in [0.4, 0.5) is 0 Å². The Labute approximate surface area is 134 Å². The van der Waals surface area contributed by atoms with Gasteiger partial charge in [0, 0.05) is 9.92 Å². The van der Waals surface area contributed by atoms with Crippen LogP contribution in [-0.2, 0) is 9.53 Å². The van der Waals surface area contributed by atoms with E-state index in [1.165, 1.54) is 0 Å². The maximum Gasteiger partial charge on any atom is 0.325 e. The van der Waals surface area contributed by atoms with Crippen molar-refractivity contribution >= 4 is 40.9 Å². The molecule has 0 spiro atoms. The van der Waals surface area contributed by atoms with Crippen LogP contribution >= 0.6 is 35.0 Å². The summed E-state index contributed by atoms with van der Waals surface area (Å²) in [6.07, 6.45) is 1.36. The Morgan fingerprint density at radius 2 is 2.15 bits per heavy atom. The number of benzene rings is 1. The average Bonchev–Trinajstić information content (AvgIpc) is 2.39. The van der Waals surface area contributed by atoms with E-state index in [-0.39, 0.29) is 5.97 Å². The number of ether oxygens (including phenoxy) is 1. The fraction of sp³-hybridized carbons (Fsp3) is 0.500. The molecule has 0 aliphatic heterocycles. The molecule has 112 valence electrons. The summed E-state index contributed by atoms with van der Waals surface area (Å²) in [6.45, 7) is 3.81. The molecule has 2 N–H and O–H groups in total. The highest BCUT2D eigenvalue weighted by atomic mass is 35.5. The first-order valence-electron chi connectivity index (χ1n) is 6.41. The molecule has 0 radical (unpaired) electrons. The first-order valence-corrected chi connectivity index (χ1v) is 8.15. The van der Waals surface area contributed by atoms with Crippen LogP contribution in [0.3, 0.4) is 0 Å². The lowest BCUT2D eigenvalue weighted by atomic mass is 9.98. The van der Waals surface area contributed by atoms with E-state index in [1.807, 2.05) is 6.07 Å². The number of nitrogens with two attached hydrogens (primary N) is 1. The monoisotopic (exact) mass is 335 g/mol. The number of hydrogen-bond acceptors (Lipinski definition) is 4. The van der Waals surface area contributed by atoms with Gasteiger partial charge in [-0.15, -0.1) is 11.8 Å². The van der Waals surface area contributed by atoms with Gasteiger partial charge in [0.2, 0.25) is 0 Å². The van der Waals surface area contributed by atoms with E-state index in [1.54, 1.807) is 37.7 Å². The van der Waals surface area contributed by atoms with Crippen LogP contribution in [-0.4, -0.2) is 23.9 Å². The second kappa shape index (κ2) is 8.13. The minimum Gasteiger partial charge on any atom is -0.465 e. The molecule has 0 saturated carbocycles. The van der Waals surface area contributed by atoms with Crippen LogP contribution in [0.15, 0.2) is 23.1 Å². The maximum atomic E-state index is 11.6. The van der Waals surface area contributed by atoms with Crippen LogP contribution in [0, 0.1) is 0 Å². The van der Waals surface area contributed by atoms with Crippen molar-refractivity contribution < 1.29 is 9.53 Å². The van der Waals surface area contributed by atoms with Crippen molar-refractivity contribution in [1.29, 1.82) is 0 Å². The molecule has 0 aliphatic carbocycles. The summed E-state index contributed by atoms with van der Waals surface area (Å²) in [5, 5.41) is 1.34. The summed E-state index contributed by atoms with van der Waals surface area (Å²) in [5.74, 6) is 0.456. The second-order valence-electron chi connectivity index (χ2n) is 4.66. The predicted molar refractivity (Wildman–Crippen MR) is 85.6 cm³/mol. The van der Waals surface area contributed by atoms with Gasteiger partial charge in [-0.05, 0) is 50.6 Å². The summed E-state index contributed by atoms with van der Waals surface area (Å²) < 4.78 is 4.95. The highest BCUT2D eigenvalue weighted by molar-refractivity contribution is 7.99. The standard InChI is InChI=1S/C14H19Cl2NO2S/c1-3-19-13(18)14(2,17)7-4-8-20-12-9-10(15)5-6-11(12)16/h5-6,9H,3-4,7-8,17H2,1-2H3. The molecule has 1 atom stereocenters. The fourth-order valence-corrected chi connectivity index (χ4v) is 3.05. The van der Waals surface area contributed by atoms with Crippen molar-refractivity contribution in [1.82, 2.24) is 0 Å². The topological polar surface area (TPSA) is 52.3 Å². The SMILES string of the molecule is CCOC(=O)C(C)(N)CCCSc1cc(Cl)ccc1Cl. The van der Waals surface area contributed by atoms with E-state index >= 15 is 0 Å². The highest BCUT2D eigenvalue weighted by Gasteiger charge is 2.29. The summed E-state index contributed by atoms with van der Waals surface area (Å²) in [5.41, 5.74) is 5.01. The Kier molecular flexibility index (Phi) is 7.17. The Bertz CT molecular complexity index is 466. The normalized spacial score (nSPS) is 13.8. The molecular weight excluding hydrogens is 317 g/mol. The predicted octanol–water partition coefficient (Wildman–Crippen LogP) is 4.15.